The third kappa shape index (κ3) is 3.31. The normalized spacial score (nSPS) is 27.4. The minimum absolute atomic E-state index is 0.106. The highest BCUT2D eigenvalue weighted by Gasteiger charge is 2.32. The molecule has 3 N–H and O–H groups in total. The Hall–Kier alpha value is -1.86. The Morgan fingerprint density at radius 3 is 2.82 bits per heavy atom. The molecule has 1 aromatic rings. The highest BCUT2D eigenvalue weighted by Crippen LogP contribution is 2.29. The zero-order valence-corrected chi connectivity index (χ0v) is 12.2. The average Bonchev–Trinajstić information content (AvgIpc) is 2.53. The molecule has 2 aliphatic rings. The number of fused-ring (bicyclic) bond motifs is 1. The van der Waals surface area contributed by atoms with Crippen molar-refractivity contribution in [1.29, 1.82) is 0 Å². The van der Waals surface area contributed by atoms with Crippen molar-refractivity contribution in [2.24, 2.45) is 5.92 Å². The van der Waals surface area contributed by atoms with Gasteiger partial charge in [0.2, 0.25) is 0 Å². The second kappa shape index (κ2) is 6.50. The Bertz CT molecular complexity index is 551. The van der Waals surface area contributed by atoms with Crippen molar-refractivity contribution in [2.45, 2.75) is 38.0 Å². The third-order valence-electron chi connectivity index (χ3n) is 4.20. The number of carbonyl (C=O) groups is 1. The molecule has 1 aromatic heterocycles. The Kier molecular flexibility index (Phi) is 4.44. The van der Waals surface area contributed by atoms with E-state index in [1.165, 1.54) is 0 Å². The molecule has 1 aliphatic carbocycles. The van der Waals surface area contributed by atoms with E-state index in [0.717, 1.165) is 5.69 Å². The fourth-order valence-corrected chi connectivity index (χ4v) is 2.93. The maximum atomic E-state index is 11.0. The standard InChI is InChI=1S/C15H20N2O5/c18-12-5-9(15(19)20)1-2-11(12)17-7-10-6-13-14(8-16-10)22-4-3-21-13/h6,8-9,11-12,17-18H,1-5,7H2,(H,19,20)/t9-,11-,12+/m1/s1. The molecule has 3 rings (SSSR count). The van der Waals surface area contributed by atoms with E-state index in [1.54, 1.807) is 6.20 Å². The first-order chi connectivity index (χ1) is 10.6. The summed E-state index contributed by atoms with van der Waals surface area (Å²) in [5, 5.41) is 22.3. The lowest BCUT2D eigenvalue weighted by Crippen LogP contribution is -2.45. The summed E-state index contributed by atoms with van der Waals surface area (Å²) < 4.78 is 10.9. The molecule has 3 atom stereocenters. The quantitative estimate of drug-likeness (QED) is 0.747. The number of carboxylic acid groups (broad SMARTS) is 1. The second-order valence-electron chi connectivity index (χ2n) is 5.72. The van der Waals surface area contributed by atoms with Crippen LogP contribution in [0.15, 0.2) is 12.3 Å². The molecule has 1 saturated carbocycles. The fourth-order valence-electron chi connectivity index (χ4n) is 2.93. The van der Waals surface area contributed by atoms with E-state index in [1.807, 2.05) is 6.07 Å². The van der Waals surface area contributed by atoms with Gasteiger partial charge in [-0.25, -0.2) is 0 Å². The van der Waals surface area contributed by atoms with Gasteiger partial charge in [0.05, 0.1) is 23.9 Å². The summed E-state index contributed by atoms with van der Waals surface area (Å²) in [5.74, 6) is 0.0663. The first-order valence-corrected chi connectivity index (χ1v) is 7.52. The van der Waals surface area contributed by atoms with Gasteiger partial charge < -0.3 is 25.0 Å². The van der Waals surface area contributed by atoms with Gasteiger partial charge in [0.25, 0.3) is 0 Å². The lowest BCUT2D eigenvalue weighted by Gasteiger charge is -2.31. The van der Waals surface area contributed by atoms with Gasteiger partial charge in [0.15, 0.2) is 11.5 Å². The van der Waals surface area contributed by atoms with E-state index >= 15 is 0 Å². The first-order valence-electron chi connectivity index (χ1n) is 7.52. The van der Waals surface area contributed by atoms with Crippen molar-refractivity contribution >= 4 is 5.97 Å². The van der Waals surface area contributed by atoms with Gasteiger partial charge in [-0.3, -0.25) is 9.78 Å². The van der Waals surface area contributed by atoms with Crippen LogP contribution >= 0.6 is 0 Å². The summed E-state index contributed by atoms with van der Waals surface area (Å²) >= 11 is 0. The fraction of sp³-hybridized carbons (Fsp3) is 0.600. The van der Waals surface area contributed by atoms with Gasteiger partial charge in [0, 0.05) is 18.7 Å². The molecule has 1 fully saturated rings. The van der Waals surface area contributed by atoms with Crippen LogP contribution in [0.1, 0.15) is 25.0 Å². The van der Waals surface area contributed by atoms with E-state index in [-0.39, 0.29) is 6.04 Å². The maximum absolute atomic E-state index is 11.0. The van der Waals surface area contributed by atoms with E-state index in [4.69, 9.17) is 14.6 Å². The SMILES string of the molecule is O=C(O)[C@@H]1CC[C@@H](NCc2cc3c(cn2)OCCO3)[C@@H](O)C1. The Balaban J connectivity index is 1.55. The predicted molar refractivity (Wildman–Crippen MR) is 76.8 cm³/mol. The first kappa shape index (κ1) is 15.1. The molecule has 7 nitrogen and oxygen atoms in total. The number of hydrogen-bond acceptors (Lipinski definition) is 6. The molecule has 7 heteroatoms. The predicted octanol–water partition coefficient (Wildman–Crippen LogP) is 0.557. The minimum Gasteiger partial charge on any atom is -0.486 e. The summed E-state index contributed by atoms with van der Waals surface area (Å²) in [7, 11) is 0. The van der Waals surface area contributed by atoms with Crippen LogP contribution in [0.4, 0.5) is 0 Å². The zero-order valence-electron chi connectivity index (χ0n) is 12.2. The molecule has 120 valence electrons. The molecular formula is C15H20N2O5. The molecule has 1 aliphatic heterocycles. The maximum Gasteiger partial charge on any atom is 0.306 e. The van der Waals surface area contributed by atoms with Crippen LogP contribution < -0.4 is 14.8 Å². The van der Waals surface area contributed by atoms with Gasteiger partial charge in [-0.15, -0.1) is 0 Å². The van der Waals surface area contributed by atoms with Crippen molar-refractivity contribution in [1.82, 2.24) is 10.3 Å². The van der Waals surface area contributed by atoms with Gasteiger partial charge in [-0.1, -0.05) is 0 Å². The largest absolute Gasteiger partial charge is 0.486 e. The van der Waals surface area contributed by atoms with Gasteiger partial charge in [0.1, 0.15) is 13.2 Å². The highest BCUT2D eigenvalue weighted by molar-refractivity contribution is 5.70. The smallest absolute Gasteiger partial charge is 0.306 e. The number of aliphatic carboxylic acids is 1. The van der Waals surface area contributed by atoms with Crippen LogP contribution in [-0.4, -0.2) is 46.5 Å². The Morgan fingerprint density at radius 1 is 1.32 bits per heavy atom. The van der Waals surface area contributed by atoms with Gasteiger partial charge in [-0.05, 0) is 19.3 Å². The van der Waals surface area contributed by atoms with E-state index in [9.17, 15) is 9.90 Å². The number of ether oxygens (including phenoxy) is 2. The van der Waals surface area contributed by atoms with E-state index in [0.29, 0.717) is 50.5 Å². The van der Waals surface area contributed by atoms with Crippen LogP contribution in [0.5, 0.6) is 11.5 Å². The van der Waals surface area contributed by atoms with Crippen molar-refractivity contribution in [2.75, 3.05) is 13.2 Å². The number of carboxylic acids is 1. The minimum atomic E-state index is -0.828. The highest BCUT2D eigenvalue weighted by atomic mass is 16.6. The van der Waals surface area contributed by atoms with Crippen LogP contribution in [0.2, 0.25) is 0 Å². The number of nitrogens with zero attached hydrogens (tertiary/aromatic N) is 1. The third-order valence-corrected chi connectivity index (χ3v) is 4.20. The molecule has 0 radical (unpaired) electrons. The van der Waals surface area contributed by atoms with Gasteiger partial charge in [-0.2, -0.15) is 0 Å². The Morgan fingerprint density at radius 2 is 2.09 bits per heavy atom. The van der Waals surface area contributed by atoms with Gasteiger partial charge >= 0.3 is 5.97 Å². The van der Waals surface area contributed by atoms with Crippen LogP contribution in [0.25, 0.3) is 0 Å². The van der Waals surface area contributed by atoms with Crippen LogP contribution in [-0.2, 0) is 11.3 Å². The number of aromatic nitrogens is 1. The summed E-state index contributed by atoms with van der Waals surface area (Å²) in [6, 6.07) is 1.72. The summed E-state index contributed by atoms with van der Waals surface area (Å²) in [6.45, 7) is 1.56. The molecule has 22 heavy (non-hydrogen) atoms. The zero-order chi connectivity index (χ0) is 15.5. The molecule has 0 aromatic carbocycles. The van der Waals surface area contributed by atoms with E-state index in [2.05, 4.69) is 10.3 Å². The van der Waals surface area contributed by atoms with Crippen molar-refractivity contribution in [3.05, 3.63) is 18.0 Å². The number of pyridine rings is 1. The molecule has 0 unspecified atom stereocenters. The number of nitrogens with one attached hydrogen (secondary N) is 1. The summed E-state index contributed by atoms with van der Waals surface area (Å²) in [5.41, 5.74) is 0.803. The molecule has 0 bridgehead atoms. The molecule has 0 amide bonds. The second-order valence-corrected chi connectivity index (χ2v) is 5.72. The van der Waals surface area contributed by atoms with Crippen molar-refractivity contribution in [3.8, 4) is 11.5 Å². The molecule has 2 heterocycles. The average molecular weight is 308 g/mol. The molecular weight excluding hydrogens is 288 g/mol. The van der Waals surface area contributed by atoms with E-state index < -0.39 is 18.0 Å². The topological polar surface area (TPSA) is 101 Å². The Labute approximate surface area is 128 Å². The summed E-state index contributed by atoms with van der Waals surface area (Å²) in [6.07, 6.45) is 2.51. The molecule has 0 saturated heterocycles. The number of aliphatic hydroxyl groups excluding tert-OH is 1. The number of hydrogen-bond donors (Lipinski definition) is 3. The number of rotatable bonds is 4. The lowest BCUT2D eigenvalue weighted by atomic mass is 9.84. The number of aliphatic hydroxyl groups is 1. The monoisotopic (exact) mass is 308 g/mol. The van der Waals surface area contributed by atoms with Crippen LogP contribution in [0, 0.1) is 5.92 Å². The van der Waals surface area contributed by atoms with Crippen molar-refractivity contribution < 1.29 is 24.5 Å². The van der Waals surface area contributed by atoms with Crippen molar-refractivity contribution in [3.63, 3.8) is 0 Å². The van der Waals surface area contributed by atoms with Crippen LogP contribution in [0.3, 0.4) is 0 Å². The molecule has 0 spiro atoms. The summed E-state index contributed by atoms with van der Waals surface area (Å²) in [4.78, 5) is 15.3. The lowest BCUT2D eigenvalue weighted by molar-refractivity contribution is -0.144.